The molecule has 1 N–H and O–H groups in total. The zero-order chi connectivity index (χ0) is 22.5. The van der Waals surface area contributed by atoms with E-state index < -0.39 is 0 Å². The molecule has 9 atom stereocenters. The lowest BCUT2D eigenvalue weighted by Gasteiger charge is -2.63. The van der Waals surface area contributed by atoms with E-state index in [0.29, 0.717) is 16.9 Å². The van der Waals surface area contributed by atoms with Gasteiger partial charge in [0, 0.05) is 11.7 Å². The molecule has 1 aromatic carbocycles. The Kier molecular flexibility index (Phi) is 5.84. The molecule has 4 fully saturated rings. The number of nitrogens with zero attached hydrogens (tertiary/aromatic N) is 1. The Morgan fingerprint density at radius 1 is 0.938 bits per heavy atom. The predicted octanol–water partition coefficient (Wildman–Crippen LogP) is 8.04. The van der Waals surface area contributed by atoms with Gasteiger partial charge < -0.3 is 5.32 Å². The monoisotopic (exact) mass is 432 g/mol. The Morgan fingerprint density at radius 2 is 1.66 bits per heavy atom. The third-order valence-electron chi connectivity index (χ3n) is 11.1. The van der Waals surface area contributed by atoms with Crippen LogP contribution in [0.1, 0.15) is 97.5 Å². The first-order chi connectivity index (χ1) is 15.3. The summed E-state index contributed by atoms with van der Waals surface area (Å²) >= 11 is 0. The van der Waals surface area contributed by atoms with Crippen molar-refractivity contribution in [2.75, 3.05) is 5.32 Å². The average molecular weight is 433 g/mol. The lowest BCUT2D eigenvalue weighted by molar-refractivity contribution is -0.134. The molecular formula is C30H44N2. The minimum Gasteiger partial charge on any atom is -0.382 e. The molecule has 4 aliphatic rings. The first kappa shape index (κ1) is 22.3. The highest BCUT2D eigenvalue weighted by Crippen LogP contribution is 2.66. The molecule has 0 spiro atoms. The fourth-order valence-electron chi connectivity index (χ4n) is 9.67. The van der Waals surface area contributed by atoms with Crippen molar-refractivity contribution in [1.29, 1.82) is 5.26 Å². The summed E-state index contributed by atoms with van der Waals surface area (Å²) in [5.41, 5.74) is 3.02. The van der Waals surface area contributed by atoms with Crippen molar-refractivity contribution in [2.45, 2.75) is 97.9 Å². The second-order valence-corrected chi connectivity index (χ2v) is 12.8. The zero-order valence-corrected chi connectivity index (χ0v) is 20.9. The van der Waals surface area contributed by atoms with Crippen LogP contribution in [0.4, 0.5) is 5.69 Å². The smallest absolute Gasteiger partial charge is 0.0991 e. The number of nitrogens with one attached hydrogen (secondary N) is 1. The molecule has 1 aromatic rings. The van der Waals surface area contributed by atoms with Crippen molar-refractivity contribution in [3.05, 3.63) is 29.8 Å². The van der Waals surface area contributed by atoms with Crippen molar-refractivity contribution in [3.63, 3.8) is 0 Å². The van der Waals surface area contributed by atoms with E-state index in [1.165, 1.54) is 69.9 Å². The van der Waals surface area contributed by atoms with Gasteiger partial charge >= 0.3 is 0 Å². The van der Waals surface area contributed by atoms with Crippen molar-refractivity contribution in [2.24, 2.45) is 46.3 Å². The van der Waals surface area contributed by atoms with Gasteiger partial charge in [-0.25, -0.2) is 0 Å². The van der Waals surface area contributed by atoms with Crippen LogP contribution in [0.3, 0.4) is 0 Å². The predicted molar refractivity (Wildman–Crippen MR) is 133 cm³/mol. The maximum absolute atomic E-state index is 9.10. The van der Waals surface area contributed by atoms with Crippen molar-refractivity contribution >= 4 is 5.69 Å². The van der Waals surface area contributed by atoms with Gasteiger partial charge in [0.05, 0.1) is 11.6 Å². The largest absolute Gasteiger partial charge is 0.382 e. The van der Waals surface area contributed by atoms with Crippen LogP contribution in [0.25, 0.3) is 0 Å². The van der Waals surface area contributed by atoms with Gasteiger partial charge in [-0.1, -0.05) is 33.6 Å². The molecule has 2 heteroatoms. The van der Waals surface area contributed by atoms with Gasteiger partial charge in [0.25, 0.3) is 0 Å². The molecule has 5 rings (SSSR count). The van der Waals surface area contributed by atoms with Crippen LogP contribution in [0.5, 0.6) is 0 Å². The highest BCUT2D eigenvalue weighted by atomic mass is 14.9. The molecule has 0 bridgehead atoms. The van der Waals surface area contributed by atoms with Gasteiger partial charge in [-0.2, -0.15) is 5.26 Å². The van der Waals surface area contributed by atoms with E-state index in [2.05, 4.69) is 51.2 Å². The van der Waals surface area contributed by atoms with E-state index in [1.807, 2.05) is 12.1 Å². The topological polar surface area (TPSA) is 35.8 Å². The Hall–Kier alpha value is -1.49. The van der Waals surface area contributed by atoms with E-state index in [9.17, 15) is 0 Å². The molecule has 2 unspecified atom stereocenters. The molecule has 32 heavy (non-hydrogen) atoms. The summed E-state index contributed by atoms with van der Waals surface area (Å²) in [5.74, 6) is 5.59. The fraction of sp³-hybridized carbons (Fsp3) is 0.767. The van der Waals surface area contributed by atoms with Gasteiger partial charge in [0.15, 0.2) is 0 Å². The molecular weight excluding hydrogens is 388 g/mol. The van der Waals surface area contributed by atoms with Crippen molar-refractivity contribution in [3.8, 4) is 6.07 Å². The molecule has 0 amide bonds. The van der Waals surface area contributed by atoms with Gasteiger partial charge in [-0.15, -0.1) is 0 Å². The number of nitriles is 1. The molecule has 0 saturated heterocycles. The minimum absolute atomic E-state index is 0.480. The SMILES string of the molecule is C[C@H]1CC[C@@H]2C3CC[C@@]4(C)C(CCC[C@@H]4[C@@H](C)Nc4ccc(C#N)cc4)[C@@H]3CC[C@]2(C)C1. The van der Waals surface area contributed by atoms with Crippen molar-refractivity contribution in [1.82, 2.24) is 0 Å². The molecule has 2 nitrogen and oxygen atoms in total. The summed E-state index contributed by atoms with van der Waals surface area (Å²) < 4.78 is 0. The third-order valence-corrected chi connectivity index (χ3v) is 11.1. The van der Waals surface area contributed by atoms with Crippen LogP contribution >= 0.6 is 0 Å². The number of fused-ring (bicyclic) bond motifs is 5. The van der Waals surface area contributed by atoms with Crippen LogP contribution < -0.4 is 5.32 Å². The molecule has 0 radical (unpaired) electrons. The number of anilines is 1. The third kappa shape index (κ3) is 3.69. The van der Waals surface area contributed by atoms with Crippen LogP contribution in [0.2, 0.25) is 0 Å². The summed E-state index contributed by atoms with van der Waals surface area (Å²) in [6.07, 6.45) is 14.6. The highest BCUT2D eigenvalue weighted by Gasteiger charge is 2.58. The van der Waals surface area contributed by atoms with E-state index in [1.54, 1.807) is 0 Å². The van der Waals surface area contributed by atoms with Crippen LogP contribution in [0.15, 0.2) is 24.3 Å². The Labute approximate surface area is 196 Å². The standard InChI is InChI=1S/C30H44N2/c1-20-8-13-27-24-15-17-30(4)26(21(2)32-23-11-9-22(19-31)10-12-23)6-5-7-28(30)25(24)14-16-29(27,3)18-20/h9-12,20-21,24-28,32H,5-8,13-18H2,1-4H3/t20-,21+,24?,25+,26+,27+,28?,29+,30+/m0/s1. The summed E-state index contributed by atoms with van der Waals surface area (Å²) in [5, 5.41) is 12.9. The first-order valence-electron chi connectivity index (χ1n) is 13.6. The maximum Gasteiger partial charge on any atom is 0.0991 e. The summed E-state index contributed by atoms with van der Waals surface area (Å²) in [6.45, 7) is 10.2. The lowest BCUT2D eigenvalue weighted by atomic mass is 9.42. The average Bonchev–Trinajstić information content (AvgIpc) is 2.77. The number of hydrogen-bond donors (Lipinski definition) is 1. The highest BCUT2D eigenvalue weighted by molar-refractivity contribution is 5.48. The van der Waals surface area contributed by atoms with Crippen LogP contribution in [-0.2, 0) is 0 Å². The summed E-state index contributed by atoms with van der Waals surface area (Å²) in [7, 11) is 0. The number of rotatable bonds is 3. The van der Waals surface area contributed by atoms with E-state index in [0.717, 1.165) is 41.1 Å². The molecule has 0 aromatic heterocycles. The normalized spacial score (nSPS) is 44.3. The Balaban J connectivity index is 1.33. The molecule has 0 aliphatic heterocycles. The van der Waals surface area contributed by atoms with E-state index >= 15 is 0 Å². The Morgan fingerprint density at radius 3 is 2.41 bits per heavy atom. The lowest BCUT2D eigenvalue weighted by Crippen LogP contribution is -2.56. The number of hydrogen-bond acceptors (Lipinski definition) is 2. The minimum atomic E-state index is 0.480. The summed E-state index contributed by atoms with van der Waals surface area (Å²) in [4.78, 5) is 0. The van der Waals surface area contributed by atoms with E-state index in [-0.39, 0.29) is 0 Å². The molecule has 174 valence electrons. The van der Waals surface area contributed by atoms with Crippen LogP contribution in [-0.4, -0.2) is 6.04 Å². The second-order valence-electron chi connectivity index (χ2n) is 12.8. The van der Waals surface area contributed by atoms with Crippen LogP contribution in [0, 0.1) is 57.7 Å². The first-order valence-corrected chi connectivity index (χ1v) is 13.6. The fourth-order valence-corrected chi connectivity index (χ4v) is 9.67. The molecule has 4 saturated carbocycles. The van der Waals surface area contributed by atoms with Gasteiger partial charge in [0.2, 0.25) is 0 Å². The van der Waals surface area contributed by atoms with Gasteiger partial charge in [-0.3, -0.25) is 0 Å². The van der Waals surface area contributed by atoms with Crippen molar-refractivity contribution < 1.29 is 0 Å². The van der Waals surface area contributed by atoms with E-state index in [4.69, 9.17) is 5.26 Å². The molecule has 4 aliphatic carbocycles. The number of benzene rings is 1. The second kappa shape index (κ2) is 8.38. The zero-order valence-electron chi connectivity index (χ0n) is 20.9. The Bertz CT molecular complexity index is 853. The quantitative estimate of drug-likeness (QED) is 0.524. The summed E-state index contributed by atoms with van der Waals surface area (Å²) in [6, 6.07) is 10.8. The van der Waals surface area contributed by atoms with Gasteiger partial charge in [-0.05, 0) is 129 Å². The van der Waals surface area contributed by atoms with Gasteiger partial charge in [0.1, 0.15) is 0 Å². The molecule has 0 heterocycles. The maximum atomic E-state index is 9.10.